The molecule has 1 saturated heterocycles. The molecule has 2 aromatic rings. The van der Waals surface area contributed by atoms with Crippen LogP contribution in [0, 0.1) is 10.1 Å². The van der Waals surface area contributed by atoms with Crippen molar-refractivity contribution in [3.05, 3.63) is 63.2 Å². The Morgan fingerprint density at radius 2 is 1.81 bits per heavy atom. The van der Waals surface area contributed by atoms with E-state index in [1.165, 1.54) is 12.1 Å². The van der Waals surface area contributed by atoms with Crippen molar-refractivity contribution in [3.63, 3.8) is 0 Å². The minimum absolute atomic E-state index is 0.00385. The number of nitro groups is 1. The van der Waals surface area contributed by atoms with Crippen molar-refractivity contribution >= 4 is 34.6 Å². The highest BCUT2D eigenvalue weighted by Crippen LogP contribution is 2.36. The molecule has 166 valence electrons. The van der Waals surface area contributed by atoms with Gasteiger partial charge in [0.1, 0.15) is 5.69 Å². The number of benzene rings is 2. The summed E-state index contributed by atoms with van der Waals surface area (Å²) in [6.45, 7) is 3.34. The van der Waals surface area contributed by atoms with Crippen molar-refractivity contribution in [2.45, 2.75) is 19.1 Å². The van der Waals surface area contributed by atoms with Crippen LogP contribution in [0.15, 0.2) is 42.5 Å². The molecule has 1 aliphatic heterocycles. The van der Waals surface area contributed by atoms with E-state index in [1.54, 1.807) is 25.1 Å². The number of nitrogens with zero attached hydrogens (tertiary/aromatic N) is 3. The van der Waals surface area contributed by atoms with Crippen molar-refractivity contribution in [1.29, 1.82) is 0 Å². The lowest BCUT2D eigenvalue weighted by Crippen LogP contribution is -2.53. The lowest BCUT2D eigenvalue weighted by atomic mass is 10.1. The maximum atomic E-state index is 13.3. The van der Waals surface area contributed by atoms with E-state index in [2.05, 4.69) is 5.32 Å². The topological polar surface area (TPSA) is 78.7 Å². The van der Waals surface area contributed by atoms with E-state index in [-0.39, 0.29) is 16.4 Å². The number of hydrogen-bond acceptors (Lipinski definition) is 5. The minimum atomic E-state index is -4.66. The highest BCUT2D eigenvalue weighted by molar-refractivity contribution is 6.30. The van der Waals surface area contributed by atoms with Crippen LogP contribution in [-0.4, -0.2) is 48.0 Å². The third kappa shape index (κ3) is 5.26. The number of hydrogen-bond donors (Lipinski definition) is 1. The first kappa shape index (κ1) is 22.8. The molecular weight excluding hydrogens is 437 g/mol. The van der Waals surface area contributed by atoms with Crippen LogP contribution in [0.1, 0.15) is 12.5 Å². The van der Waals surface area contributed by atoms with Crippen molar-refractivity contribution in [3.8, 4) is 0 Å². The molecule has 0 spiro atoms. The molecule has 3 rings (SSSR count). The maximum absolute atomic E-state index is 13.3. The largest absolute Gasteiger partial charge is 0.418 e. The molecule has 31 heavy (non-hydrogen) atoms. The second kappa shape index (κ2) is 9.11. The van der Waals surface area contributed by atoms with Crippen LogP contribution in [0.2, 0.25) is 5.02 Å². The first-order valence-corrected chi connectivity index (χ1v) is 9.85. The van der Waals surface area contributed by atoms with Gasteiger partial charge in [-0.3, -0.25) is 19.8 Å². The number of halogens is 4. The monoisotopic (exact) mass is 456 g/mol. The van der Waals surface area contributed by atoms with E-state index in [9.17, 15) is 28.1 Å². The van der Waals surface area contributed by atoms with Crippen molar-refractivity contribution in [2.75, 3.05) is 36.4 Å². The Morgan fingerprint density at radius 3 is 2.42 bits per heavy atom. The van der Waals surface area contributed by atoms with E-state index in [0.717, 1.165) is 12.1 Å². The van der Waals surface area contributed by atoms with Crippen LogP contribution in [0.4, 0.5) is 30.2 Å². The number of piperazine rings is 1. The van der Waals surface area contributed by atoms with Gasteiger partial charge in [0.15, 0.2) is 0 Å². The van der Waals surface area contributed by atoms with Crippen LogP contribution in [0.3, 0.4) is 0 Å². The molecule has 1 aliphatic rings. The molecule has 0 saturated carbocycles. The Labute approximate surface area is 181 Å². The van der Waals surface area contributed by atoms with Gasteiger partial charge in [0.2, 0.25) is 5.91 Å². The number of nitro benzene ring substituents is 1. The van der Waals surface area contributed by atoms with Crippen LogP contribution >= 0.6 is 11.6 Å². The Bertz CT molecular complexity index is 978. The average Bonchev–Trinajstić information content (AvgIpc) is 2.73. The van der Waals surface area contributed by atoms with E-state index in [0.29, 0.717) is 31.9 Å². The smallest absolute Gasteiger partial charge is 0.363 e. The van der Waals surface area contributed by atoms with Gasteiger partial charge in [-0.15, -0.1) is 0 Å². The third-order valence-corrected chi connectivity index (χ3v) is 5.44. The van der Waals surface area contributed by atoms with Crippen molar-refractivity contribution in [2.24, 2.45) is 0 Å². The summed E-state index contributed by atoms with van der Waals surface area (Å²) in [7, 11) is 0. The Kier molecular flexibility index (Phi) is 6.71. The normalized spacial score (nSPS) is 16.1. The molecule has 1 fully saturated rings. The van der Waals surface area contributed by atoms with E-state index in [4.69, 9.17) is 11.6 Å². The molecule has 1 N–H and O–H groups in total. The van der Waals surface area contributed by atoms with Crippen LogP contribution < -0.4 is 10.2 Å². The van der Waals surface area contributed by atoms with Crippen molar-refractivity contribution < 1.29 is 22.9 Å². The van der Waals surface area contributed by atoms with E-state index >= 15 is 0 Å². The Hall–Kier alpha value is -2.85. The van der Waals surface area contributed by atoms with E-state index < -0.39 is 28.6 Å². The molecule has 1 amide bonds. The molecule has 0 bridgehead atoms. The summed E-state index contributed by atoms with van der Waals surface area (Å²) >= 11 is 5.67. The molecular formula is C20H20ClF3N4O3. The Morgan fingerprint density at radius 1 is 1.16 bits per heavy atom. The zero-order valence-electron chi connectivity index (χ0n) is 16.5. The number of amides is 1. The number of anilines is 2. The average molecular weight is 457 g/mol. The van der Waals surface area contributed by atoms with Gasteiger partial charge in [-0.25, -0.2) is 0 Å². The molecule has 0 unspecified atom stereocenters. The summed E-state index contributed by atoms with van der Waals surface area (Å²) in [5.41, 5.74) is -0.863. The molecule has 2 aromatic carbocycles. The number of para-hydroxylation sites is 2. The summed E-state index contributed by atoms with van der Waals surface area (Å²) in [5.74, 6) is -0.577. The third-order valence-electron chi connectivity index (χ3n) is 5.21. The molecule has 0 aromatic heterocycles. The van der Waals surface area contributed by atoms with Crippen LogP contribution in [-0.2, 0) is 11.0 Å². The standard InChI is InChI=1S/C20H20ClF3N4O3/c1-13(19(29)25-16-7-6-14(21)12-15(16)20(22,23)24)26-8-10-27(11-9-26)17-4-2-3-5-18(17)28(30)31/h2-7,12-13H,8-11H2,1H3,(H,25,29)/t13-/m0/s1. The van der Waals surface area contributed by atoms with Gasteiger partial charge in [-0.2, -0.15) is 13.2 Å². The SMILES string of the molecule is C[C@@H](C(=O)Nc1ccc(Cl)cc1C(F)(F)F)N1CCN(c2ccccc2[N+](=O)[O-])CC1. The molecule has 0 radical (unpaired) electrons. The lowest BCUT2D eigenvalue weighted by molar-refractivity contribution is -0.384. The molecule has 0 aliphatic carbocycles. The van der Waals surface area contributed by atoms with Crippen molar-refractivity contribution in [1.82, 2.24) is 4.90 Å². The first-order chi connectivity index (χ1) is 14.6. The zero-order chi connectivity index (χ0) is 22.8. The molecule has 1 atom stereocenters. The fourth-order valence-electron chi connectivity index (χ4n) is 3.50. The molecule has 7 nitrogen and oxygen atoms in total. The number of nitrogens with one attached hydrogen (secondary N) is 1. The van der Waals surface area contributed by atoms with Gasteiger partial charge in [0, 0.05) is 37.3 Å². The molecule has 1 heterocycles. The summed E-state index contributed by atoms with van der Waals surface area (Å²) in [4.78, 5) is 27.1. The van der Waals surface area contributed by atoms with Crippen LogP contribution in [0.25, 0.3) is 0 Å². The quantitative estimate of drug-likeness (QED) is 0.532. The van der Waals surface area contributed by atoms with Gasteiger partial charge in [-0.05, 0) is 31.2 Å². The van der Waals surface area contributed by atoms with E-state index in [1.807, 2.05) is 9.80 Å². The second-order valence-electron chi connectivity index (χ2n) is 7.12. The fraction of sp³-hybridized carbons (Fsp3) is 0.350. The number of alkyl halides is 3. The van der Waals surface area contributed by atoms with Gasteiger partial charge in [-0.1, -0.05) is 23.7 Å². The lowest BCUT2D eigenvalue weighted by Gasteiger charge is -2.38. The van der Waals surface area contributed by atoms with Gasteiger partial charge >= 0.3 is 6.18 Å². The van der Waals surface area contributed by atoms with Gasteiger partial charge in [0.25, 0.3) is 5.69 Å². The molecule has 11 heteroatoms. The Balaban J connectivity index is 1.66. The summed E-state index contributed by atoms with van der Waals surface area (Å²) < 4.78 is 39.8. The highest BCUT2D eigenvalue weighted by atomic mass is 35.5. The summed E-state index contributed by atoms with van der Waals surface area (Å²) in [6.07, 6.45) is -4.66. The second-order valence-corrected chi connectivity index (χ2v) is 7.56. The zero-order valence-corrected chi connectivity index (χ0v) is 17.3. The fourth-order valence-corrected chi connectivity index (χ4v) is 3.67. The first-order valence-electron chi connectivity index (χ1n) is 9.48. The number of rotatable bonds is 5. The minimum Gasteiger partial charge on any atom is -0.363 e. The summed E-state index contributed by atoms with van der Waals surface area (Å²) in [6, 6.07) is 8.90. The predicted molar refractivity (Wildman–Crippen MR) is 111 cm³/mol. The van der Waals surface area contributed by atoms with Crippen LogP contribution in [0.5, 0.6) is 0 Å². The number of carbonyl (C=O) groups is 1. The maximum Gasteiger partial charge on any atom is 0.418 e. The summed E-state index contributed by atoms with van der Waals surface area (Å²) in [5, 5.41) is 13.5. The number of carbonyl (C=O) groups excluding carboxylic acids is 1. The van der Waals surface area contributed by atoms with Gasteiger partial charge < -0.3 is 10.2 Å². The predicted octanol–water partition coefficient (Wildman–Crippen LogP) is 4.42. The van der Waals surface area contributed by atoms with Gasteiger partial charge in [0.05, 0.1) is 22.2 Å². The highest BCUT2D eigenvalue weighted by Gasteiger charge is 2.35.